The molecule has 25 heavy (non-hydrogen) atoms. The molecular weight excluding hydrogens is 515 g/mol. The average Bonchev–Trinajstić information content (AvgIpc) is 2.50. The number of nitrogens with zero attached hydrogens (tertiary/aromatic N) is 2. The molecule has 140 valence electrons. The van der Waals surface area contributed by atoms with Gasteiger partial charge in [-0.25, -0.2) is 0 Å². The number of carbonyl (C=O) groups excluding carboxylic acids is 1. The van der Waals surface area contributed by atoms with E-state index in [1.165, 1.54) is 0 Å². The average molecular weight is 541 g/mol. The number of rotatable bonds is 3. The number of aryl methyl sites for hydroxylation is 1. The molecule has 0 unspecified atom stereocenters. The molecule has 2 rings (SSSR count). The van der Waals surface area contributed by atoms with E-state index in [1.807, 2.05) is 36.9 Å². The number of aliphatic imine (C=N–C) groups is 1. The molecular formula is C17H26BrIN4OS. The third kappa shape index (κ3) is 6.97. The first-order chi connectivity index (χ1) is 11.3. The van der Waals surface area contributed by atoms with E-state index in [4.69, 9.17) is 0 Å². The maximum atomic E-state index is 12.2. The summed E-state index contributed by atoms with van der Waals surface area (Å²) in [5.74, 6) is 1.77. The Labute approximate surface area is 179 Å². The van der Waals surface area contributed by atoms with Crippen molar-refractivity contribution in [3.8, 4) is 0 Å². The van der Waals surface area contributed by atoms with E-state index < -0.39 is 0 Å². The summed E-state index contributed by atoms with van der Waals surface area (Å²) >= 11 is 5.40. The lowest BCUT2D eigenvalue weighted by Gasteiger charge is -2.39. The van der Waals surface area contributed by atoms with Crippen molar-refractivity contribution in [3.05, 3.63) is 28.2 Å². The molecule has 1 fully saturated rings. The number of carbonyl (C=O) groups is 1. The Kier molecular flexibility index (Phi) is 9.03. The molecule has 1 amide bonds. The van der Waals surface area contributed by atoms with E-state index in [0.717, 1.165) is 40.5 Å². The van der Waals surface area contributed by atoms with Crippen molar-refractivity contribution in [1.82, 2.24) is 10.2 Å². The Morgan fingerprint density at radius 3 is 2.80 bits per heavy atom. The van der Waals surface area contributed by atoms with Gasteiger partial charge in [0.2, 0.25) is 5.91 Å². The first-order valence-electron chi connectivity index (χ1n) is 7.96. The van der Waals surface area contributed by atoms with Crippen LogP contribution in [0, 0.1) is 6.92 Å². The fourth-order valence-corrected chi connectivity index (χ4v) is 4.08. The fourth-order valence-electron chi connectivity index (χ4n) is 2.61. The van der Waals surface area contributed by atoms with Crippen molar-refractivity contribution >= 4 is 69.2 Å². The topological polar surface area (TPSA) is 56.7 Å². The van der Waals surface area contributed by atoms with Crippen LogP contribution in [0.3, 0.4) is 0 Å². The molecule has 1 heterocycles. The van der Waals surface area contributed by atoms with Gasteiger partial charge in [-0.3, -0.25) is 9.79 Å². The summed E-state index contributed by atoms with van der Waals surface area (Å²) in [7, 11) is 1.76. The van der Waals surface area contributed by atoms with E-state index in [1.54, 1.807) is 7.05 Å². The third-order valence-corrected chi connectivity index (χ3v) is 5.61. The van der Waals surface area contributed by atoms with Crippen LogP contribution in [-0.4, -0.2) is 53.9 Å². The summed E-state index contributed by atoms with van der Waals surface area (Å²) in [6.45, 7) is 8.51. The monoisotopic (exact) mass is 540 g/mol. The number of anilines is 1. The zero-order valence-corrected chi connectivity index (χ0v) is 19.8. The van der Waals surface area contributed by atoms with Crippen LogP contribution in [-0.2, 0) is 4.79 Å². The van der Waals surface area contributed by atoms with Crippen LogP contribution in [0.25, 0.3) is 0 Å². The summed E-state index contributed by atoms with van der Waals surface area (Å²) in [6, 6.07) is 5.84. The molecule has 0 saturated carbocycles. The van der Waals surface area contributed by atoms with Crippen molar-refractivity contribution in [2.24, 2.45) is 4.99 Å². The molecule has 0 aromatic heterocycles. The molecule has 1 aromatic rings. The van der Waals surface area contributed by atoms with Gasteiger partial charge in [0.1, 0.15) is 0 Å². The quantitative estimate of drug-likeness (QED) is 0.348. The predicted molar refractivity (Wildman–Crippen MR) is 122 cm³/mol. The molecule has 1 aliphatic rings. The lowest BCUT2D eigenvalue weighted by atomic mass is 10.2. The second-order valence-corrected chi connectivity index (χ2v) is 9.16. The first kappa shape index (κ1) is 22.6. The van der Waals surface area contributed by atoms with E-state index in [-0.39, 0.29) is 41.2 Å². The minimum Gasteiger partial charge on any atom is -0.347 e. The van der Waals surface area contributed by atoms with Crippen molar-refractivity contribution < 1.29 is 4.79 Å². The lowest BCUT2D eigenvalue weighted by molar-refractivity contribution is -0.115. The molecule has 0 atom stereocenters. The lowest BCUT2D eigenvalue weighted by Crippen LogP contribution is -2.52. The van der Waals surface area contributed by atoms with Gasteiger partial charge in [-0.15, -0.1) is 24.0 Å². The maximum absolute atomic E-state index is 12.2. The van der Waals surface area contributed by atoms with Gasteiger partial charge in [-0.05, 0) is 38.5 Å². The molecule has 0 spiro atoms. The third-order valence-electron chi connectivity index (χ3n) is 3.82. The van der Waals surface area contributed by atoms with Crippen LogP contribution >= 0.6 is 51.7 Å². The number of amides is 1. The van der Waals surface area contributed by atoms with Crippen LogP contribution in [0.1, 0.15) is 19.4 Å². The van der Waals surface area contributed by atoms with Crippen LogP contribution < -0.4 is 10.6 Å². The molecule has 5 nitrogen and oxygen atoms in total. The Morgan fingerprint density at radius 2 is 2.16 bits per heavy atom. The predicted octanol–water partition coefficient (Wildman–Crippen LogP) is 3.72. The van der Waals surface area contributed by atoms with Crippen LogP contribution in [0.4, 0.5) is 5.69 Å². The van der Waals surface area contributed by atoms with E-state index in [2.05, 4.69) is 50.3 Å². The van der Waals surface area contributed by atoms with Gasteiger partial charge in [-0.1, -0.05) is 22.0 Å². The van der Waals surface area contributed by atoms with E-state index in [9.17, 15) is 4.79 Å². The van der Waals surface area contributed by atoms with Crippen LogP contribution in [0.15, 0.2) is 27.7 Å². The molecule has 1 aliphatic heterocycles. The van der Waals surface area contributed by atoms with Gasteiger partial charge in [0.15, 0.2) is 5.96 Å². The normalized spacial score (nSPS) is 16.8. The zero-order valence-electron chi connectivity index (χ0n) is 15.1. The number of thioether (sulfide) groups is 1. The van der Waals surface area contributed by atoms with Crippen molar-refractivity contribution in [1.29, 1.82) is 0 Å². The molecule has 1 aromatic carbocycles. The first-order valence-corrected chi connectivity index (χ1v) is 9.74. The number of hydrogen-bond acceptors (Lipinski definition) is 3. The summed E-state index contributed by atoms with van der Waals surface area (Å²) in [4.78, 5) is 18.8. The largest absolute Gasteiger partial charge is 0.347 e. The van der Waals surface area contributed by atoms with Gasteiger partial charge < -0.3 is 15.5 Å². The van der Waals surface area contributed by atoms with Crippen molar-refractivity contribution in [3.63, 3.8) is 0 Å². The van der Waals surface area contributed by atoms with Gasteiger partial charge in [0, 0.05) is 40.8 Å². The van der Waals surface area contributed by atoms with E-state index in [0.29, 0.717) is 0 Å². The molecule has 0 radical (unpaired) electrons. The molecule has 0 bridgehead atoms. The maximum Gasteiger partial charge on any atom is 0.243 e. The highest BCUT2D eigenvalue weighted by Gasteiger charge is 2.28. The minimum atomic E-state index is -0.0806. The SMILES string of the molecule is CN=C(NCC(=O)Nc1cc(Br)ccc1C)N1CCSC(C)(C)C1.I. The van der Waals surface area contributed by atoms with Crippen LogP contribution in [0.2, 0.25) is 0 Å². The van der Waals surface area contributed by atoms with Crippen molar-refractivity contribution in [2.45, 2.75) is 25.5 Å². The highest BCUT2D eigenvalue weighted by Crippen LogP contribution is 2.29. The number of nitrogens with one attached hydrogen (secondary N) is 2. The molecule has 0 aliphatic carbocycles. The number of hydrogen-bond donors (Lipinski definition) is 2. The van der Waals surface area contributed by atoms with Gasteiger partial charge >= 0.3 is 0 Å². The number of guanidine groups is 1. The summed E-state index contributed by atoms with van der Waals surface area (Å²) < 4.78 is 1.14. The second kappa shape index (κ2) is 10.0. The molecule has 2 N–H and O–H groups in total. The highest BCUT2D eigenvalue weighted by molar-refractivity contribution is 14.0. The zero-order chi connectivity index (χ0) is 17.7. The number of halogens is 2. The Morgan fingerprint density at radius 1 is 1.44 bits per heavy atom. The van der Waals surface area contributed by atoms with Crippen LogP contribution in [0.5, 0.6) is 0 Å². The Bertz CT molecular complexity index is 639. The van der Waals surface area contributed by atoms with Gasteiger partial charge in [0.25, 0.3) is 0 Å². The Balaban J connectivity index is 0.00000312. The van der Waals surface area contributed by atoms with Gasteiger partial charge in [0.05, 0.1) is 6.54 Å². The molecule has 8 heteroatoms. The molecule has 1 saturated heterocycles. The minimum absolute atomic E-state index is 0. The summed E-state index contributed by atoms with van der Waals surface area (Å²) in [6.07, 6.45) is 0. The smallest absolute Gasteiger partial charge is 0.243 e. The highest BCUT2D eigenvalue weighted by atomic mass is 127. The van der Waals surface area contributed by atoms with Crippen molar-refractivity contribution in [2.75, 3.05) is 37.8 Å². The summed E-state index contributed by atoms with van der Waals surface area (Å²) in [5, 5.41) is 6.11. The second-order valence-electron chi connectivity index (χ2n) is 6.44. The number of benzene rings is 1. The fraction of sp³-hybridized carbons (Fsp3) is 0.529. The van der Waals surface area contributed by atoms with E-state index >= 15 is 0 Å². The summed E-state index contributed by atoms with van der Waals surface area (Å²) in [5.41, 5.74) is 1.85. The standard InChI is InChI=1S/C17H25BrN4OS.HI/c1-12-5-6-13(18)9-14(12)21-15(23)10-20-16(19-4)22-7-8-24-17(2,3)11-22;/h5-6,9H,7-8,10-11H2,1-4H3,(H,19,20)(H,21,23);1H. The van der Waals surface area contributed by atoms with Gasteiger partial charge in [-0.2, -0.15) is 11.8 Å². The Hall–Kier alpha value is -0.480.